The maximum absolute atomic E-state index is 12.8. The molecular formula is C13H15FN2O. The Balaban J connectivity index is 2.32. The van der Waals surface area contributed by atoms with Gasteiger partial charge in [-0.3, -0.25) is 4.68 Å². The van der Waals surface area contributed by atoms with Crippen molar-refractivity contribution in [3.05, 3.63) is 46.9 Å². The molecule has 0 atom stereocenters. The number of aromatic nitrogens is 2. The normalized spacial score (nSPS) is 10.6. The molecule has 90 valence electrons. The fourth-order valence-corrected chi connectivity index (χ4v) is 1.80. The van der Waals surface area contributed by atoms with Gasteiger partial charge in [-0.1, -0.05) is 12.1 Å². The molecule has 17 heavy (non-hydrogen) atoms. The van der Waals surface area contributed by atoms with E-state index in [-0.39, 0.29) is 5.82 Å². The summed E-state index contributed by atoms with van der Waals surface area (Å²) in [4.78, 5) is 0. The third-order valence-electron chi connectivity index (χ3n) is 2.91. The van der Waals surface area contributed by atoms with Gasteiger partial charge in [0.15, 0.2) is 0 Å². The highest BCUT2D eigenvalue weighted by Crippen LogP contribution is 2.23. The van der Waals surface area contributed by atoms with Crippen LogP contribution in [0.4, 0.5) is 4.39 Å². The van der Waals surface area contributed by atoms with Crippen LogP contribution >= 0.6 is 0 Å². The predicted molar refractivity (Wildman–Crippen MR) is 63.7 cm³/mol. The van der Waals surface area contributed by atoms with Gasteiger partial charge in [0, 0.05) is 24.7 Å². The molecule has 0 saturated heterocycles. The monoisotopic (exact) mass is 234 g/mol. The van der Waals surface area contributed by atoms with Crippen molar-refractivity contribution in [2.24, 2.45) is 7.05 Å². The van der Waals surface area contributed by atoms with Gasteiger partial charge in [0.1, 0.15) is 5.82 Å². The molecule has 0 N–H and O–H groups in total. The lowest BCUT2D eigenvalue weighted by molar-refractivity contribution is 0.388. The summed E-state index contributed by atoms with van der Waals surface area (Å²) >= 11 is 0. The minimum absolute atomic E-state index is 0.219. The van der Waals surface area contributed by atoms with E-state index in [1.807, 2.05) is 14.0 Å². The maximum Gasteiger partial charge on any atom is 0.236 e. The van der Waals surface area contributed by atoms with E-state index in [2.05, 4.69) is 5.10 Å². The molecule has 0 radical (unpaired) electrons. The molecule has 1 heterocycles. The van der Waals surface area contributed by atoms with Crippen LogP contribution in [0.1, 0.15) is 16.8 Å². The van der Waals surface area contributed by atoms with Crippen molar-refractivity contribution in [3.8, 4) is 5.88 Å². The van der Waals surface area contributed by atoms with E-state index in [9.17, 15) is 4.39 Å². The number of ether oxygens (including phenoxy) is 1. The van der Waals surface area contributed by atoms with Crippen LogP contribution in [0.2, 0.25) is 0 Å². The standard InChI is InChI=1S/C13H15FN2O/c1-9-12(13(17-3)15-16(9)2)8-10-4-6-11(14)7-5-10/h4-7H,8H2,1-3H3. The van der Waals surface area contributed by atoms with Crippen molar-refractivity contribution in [1.29, 1.82) is 0 Å². The highest BCUT2D eigenvalue weighted by Gasteiger charge is 2.13. The summed E-state index contributed by atoms with van der Waals surface area (Å²) in [6, 6.07) is 6.49. The van der Waals surface area contributed by atoms with Gasteiger partial charge in [0.25, 0.3) is 0 Å². The molecule has 0 aliphatic heterocycles. The van der Waals surface area contributed by atoms with Crippen LogP contribution in [0.15, 0.2) is 24.3 Å². The lowest BCUT2D eigenvalue weighted by Crippen LogP contribution is -1.95. The average Bonchev–Trinajstić information content (AvgIpc) is 2.59. The van der Waals surface area contributed by atoms with Gasteiger partial charge in [-0.25, -0.2) is 4.39 Å². The third kappa shape index (κ3) is 2.30. The number of halogens is 1. The molecule has 1 aromatic heterocycles. The fourth-order valence-electron chi connectivity index (χ4n) is 1.80. The Bertz CT molecular complexity index is 517. The van der Waals surface area contributed by atoms with E-state index in [0.29, 0.717) is 12.3 Å². The Morgan fingerprint density at radius 2 is 1.94 bits per heavy atom. The highest BCUT2D eigenvalue weighted by atomic mass is 19.1. The molecule has 0 spiro atoms. The first-order valence-electron chi connectivity index (χ1n) is 5.42. The summed E-state index contributed by atoms with van der Waals surface area (Å²) in [5, 5.41) is 4.26. The number of rotatable bonds is 3. The minimum Gasteiger partial charge on any atom is -0.480 e. The second kappa shape index (κ2) is 4.57. The molecule has 0 saturated carbocycles. The van der Waals surface area contributed by atoms with Crippen molar-refractivity contribution in [1.82, 2.24) is 9.78 Å². The van der Waals surface area contributed by atoms with Gasteiger partial charge in [-0.15, -0.1) is 5.10 Å². The smallest absolute Gasteiger partial charge is 0.236 e. The van der Waals surface area contributed by atoms with E-state index < -0.39 is 0 Å². The van der Waals surface area contributed by atoms with E-state index in [1.165, 1.54) is 12.1 Å². The topological polar surface area (TPSA) is 27.1 Å². The Labute approximate surface area is 99.8 Å². The lowest BCUT2D eigenvalue weighted by atomic mass is 10.1. The van der Waals surface area contributed by atoms with Gasteiger partial charge >= 0.3 is 0 Å². The van der Waals surface area contributed by atoms with Crippen LogP contribution in [0, 0.1) is 12.7 Å². The third-order valence-corrected chi connectivity index (χ3v) is 2.91. The molecule has 0 bridgehead atoms. The molecule has 0 fully saturated rings. The fraction of sp³-hybridized carbons (Fsp3) is 0.308. The SMILES string of the molecule is COc1nn(C)c(C)c1Cc1ccc(F)cc1. The zero-order valence-corrected chi connectivity index (χ0v) is 10.2. The van der Waals surface area contributed by atoms with Crippen LogP contribution in [0.5, 0.6) is 5.88 Å². The van der Waals surface area contributed by atoms with Crippen molar-refractivity contribution in [2.45, 2.75) is 13.3 Å². The highest BCUT2D eigenvalue weighted by molar-refractivity contribution is 5.36. The predicted octanol–water partition coefficient (Wildman–Crippen LogP) is 2.47. The number of hydrogen-bond donors (Lipinski definition) is 0. The van der Waals surface area contributed by atoms with Gasteiger partial charge in [-0.05, 0) is 24.6 Å². The first-order chi connectivity index (χ1) is 8.11. The number of nitrogens with zero attached hydrogens (tertiary/aromatic N) is 2. The molecule has 0 aliphatic rings. The quantitative estimate of drug-likeness (QED) is 0.815. The maximum atomic E-state index is 12.8. The summed E-state index contributed by atoms with van der Waals surface area (Å²) in [5.41, 5.74) is 3.15. The average molecular weight is 234 g/mol. The second-order valence-electron chi connectivity index (χ2n) is 4.00. The summed E-state index contributed by atoms with van der Waals surface area (Å²) in [6.07, 6.45) is 0.698. The Morgan fingerprint density at radius 3 is 2.53 bits per heavy atom. The van der Waals surface area contributed by atoms with E-state index in [1.54, 1.807) is 23.9 Å². The molecule has 2 aromatic rings. The first kappa shape index (κ1) is 11.6. The zero-order valence-electron chi connectivity index (χ0n) is 10.2. The minimum atomic E-state index is -0.219. The second-order valence-corrected chi connectivity index (χ2v) is 4.00. The molecule has 4 heteroatoms. The van der Waals surface area contributed by atoms with Crippen LogP contribution in [-0.4, -0.2) is 16.9 Å². The molecular weight excluding hydrogens is 219 g/mol. The van der Waals surface area contributed by atoms with Crippen LogP contribution in [-0.2, 0) is 13.5 Å². The van der Waals surface area contributed by atoms with Gasteiger partial charge in [0.05, 0.1) is 7.11 Å². The van der Waals surface area contributed by atoms with E-state index in [0.717, 1.165) is 16.8 Å². The van der Waals surface area contributed by atoms with Crippen molar-refractivity contribution in [3.63, 3.8) is 0 Å². The Hall–Kier alpha value is -1.84. The number of aryl methyl sites for hydroxylation is 1. The van der Waals surface area contributed by atoms with Crippen molar-refractivity contribution >= 4 is 0 Å². The largest absolute Gasteiger partial charge is 0.480 e. The number of benzene rings is 1. The molecule has 0 unspecified atom stereocenters. The first-order valence-corrected chi connectivity index (χ1v) is 5.42. The van der Waals surface area contributed by atoms with Gasteiger partial charge in [0.2, 0.25) is 5.88 Å². The summed E-state index contributed by atoms with van der Waals surface area (Å²) < 4.78 is 19.8. The summed E-state index contributed by atoms with van der Waals surface area (Å²) in [6.45, 7) is 1.99. The van der Waals surface area contributed by atoms with Crippen molar-refractivity contribution < 1.29 is 9.13 Å². The molecule has 1 aromatic carbocycles. The van der Waals surface area contributed by atoms with Crippen LogP contribution < -0.4 is 4.74 Å². The van der Waals surface area contributed by atoms with Crippen LogP contribution in [0.3, 0.4) is 0 Å². The lowest BCUT2D eigenvalue weighted by Gasteiger charge is -2.03. The van der Waals surface area contributed by atoms with E-state index in [4.69, 9.17) is 4.74 Å². The van der Waals surface area contributed by atoms with Crippen LogP contribution in [0.25, 0.3) is 0 Å². The van der Waals surface area contributed by atoms with E-state index >= 15 is 0 Å². The number of hydrogen-bond acceptors (Lipinski definition) is 2. The summed E-state index contributed by atoms with van der Waals surface area (Å²) in [5.74, 6) is 0.415. The zero-order chi connectivity index (χ0) is 12.4. The number of methoxy groups -OCH3 is 1. The Kier molecular flexibility index (Phi) is 3.13. The van der Waals surface area contributed by atoms with Gasteiger partial charge in [-0.2, -0.15) is 0 Å². The Morgan fingerprint density at radius 1 is 1.29 bits per heavy atom. The summed E-state index contributed by atoms with van der Waals surface area (Å²) in [7, 11) is 3.49. The molecule has 3 nitrogen and oxygen atoms in total. The van der Waals surface area contributed by atoms with Crippen molar-refractivity contribution in [2.75, 3.05) is 7.11 Å². The molecule has 2 rings (SSSR count). The molecule has 0 aliphatic carbocycles. The molecule has 0 amide bonds. The van der Waals surface area contributed by atoms with Gasteiger partial charge < -0.3 is 4.74 Å².